The van der Waals surface area contributed by atoms with Gasteiger partial charge < -0.3 is 0 Å². The number of halogens is 1. The fraction of sp³-hybridized carbons (Fsp3) is 0.750. The second-order valence-corrected chi connectivity index (χ2v) is 7.13. The van der Waals surface area contributed by atoms with Crippen LogP contribution in [0.25, 0.3) is 0 Å². The van der Waals surface area contributed by atoms with Gasteiger partial charge in [0, 0.05) is 19.5 Å². The summed E-state index contributed by atoms with van der Waals surface area (Å²) >= 11 is 5.96. The minimum atomic E-state index is -3.47. The summed E-state index contributed by atoms with van der Waals surface area (Å²) in [5, 5.41) is 4.08. The van der Waals surface area contributed by atoms with Crippen LogP contribution in [0.2, 0.25) is 0 Å². The first-order chi connectivity index (χ1) is 9.04. The summed E-state index contributed by atoms with van der Waals surface area (Å²) in [7, 11) is -1.85. The predicted octanol–water partition coefficient (Wildman–Crippen LogP) is 1.74. The Morgan fingerprint density at radius 3 is 2.68 bits per heavy atom. The highest BCUT2D eigenvalue weighted by Gasteiger charge is 2.26. The van der Waals surface area contributed by atoms with Gasteiger partial charge in [0.2, 0.25) is 0 Å². The van der Waals surface area contributed by atoms with Crippen LogP contribution in [0.4, 0.5) is 0 Å². The summed E-state index contributed by atoms with van der Waals surface area (Å²) in [5.41, 5.74) is 0. The van der Waals surface area contributed by atoms with Crippen LogP contribution in [0.3, 0.4) is 0 Å². The highest BCUT2D eigenvalue weighted by molar-refractivity contribution is 7.89. The quantitative estimate of drug-likeness (QED) is 0.843. The molecule has 1 aromatic rings. The number of aromatic nitrogens is 2. The van der Waals surface area contributed by atoms with E-state index in [2.05, 4.69) is 9.82 Å². The van der Waals surface area contributed by atoms with E-state index in [1.165, 1.54) is 23.4 Å². The molecular formula is C12H20ClN3O2S. The molecule has 1 saturated carbocycles. The molecule has 2 atom stereocenters. The van der Waals surface area contributed by atoms with Gasteiger partial charge in [0.15, 0.2) is 5.03 Å². The average molecular weight is 306 g/mol. The zero-order chi connectivity index (χ0) is 13.9. The first kappa shape index (κ1) is 14.8. The molecule has 5 nitrogen and oxygen atoms in total. The van der Waals surface area contributed by atoms with E-state index in [1.807, 2.05) is 0 Å². The lowest BCUT2D eigenvalue weighted by Gasteiger charge is -2.30. The smallest absolute Gasteiger partial charge is 0.256 e. The number of sulfonamides is 1. The maximum atomic E-state index is 12.1. The Bertz CT molecular complexity index is 515. The van der Waals surface area contributed by atoms with Crippen molar-refractivity contribution in [3.05, 3.63) is 12.3 Å². The Hall–Kier alpha value is -0.590. The number of aryl methyl sites for hydroxylation is 1. The van der Waals surface area contributed by atoms with Crippen molar-refractivity contribution in [3.8, 4) is 0 Å². The summed E-state index contributed by atoms with van der Waals surface area (Å²) in [6.07, 6.45) is 5.98. The molecule has 1 aliphatic rings. The molecule has 1 N–H and O–H groups in total. The van der Waals surface area contributed by atoms with Crippen LogP contribution in [0.15, 0.2) is 17.3 Å². The number of nitrogens with zero attached hydrogens (tertiary/aromatic N) is 2. The summed E-state index contributed by atoms with van der Waals surface area (Å²) in [4.78, 5) is 0. The summed E-state index contributed by atoms with van der Waals surface area (Å²) in [5.74, 6) is 1.37. The monoisotopic (exact) mass is 305 g/mol. The van der Waals surface area contributed by atoms with Crippen LogP contribution >= 0.6 is 11.6 Å². The third-order valence-corrected chi connectivity index (χ3v) is 5.75. The van der Waals surface area contributed by atoms with Crippen molar-refractivity contribution < 1.29 is 8.42 Å². The average Bonchev–Trinajstić information content (AvgIpc) is 2.84. The molecule has 2 unspecified atom stereocenters. The minimum Gasteiger partial charge on any atom is -0.256 e. The van der Waals surface area contributed by atoms with Crippen molar-refractivity contribution in [1.82, 2.24) is 14.5 Å². The molecule has 2 rings (SSSR count). The van der Waals surface area contributed by atoms with Crippen LogP contribution in [-0.2, 0) is 17.1 Å². The van der Waals surface area contributed by atoms with Gasteiger partial charge in [0.05, 0.1) is 6.20 Å². The van der Waals surface area contributed by atoms with Gasteiger partial charge in [0.25, 0.3) is 10.0 Å². The van der Waals surface area contributed by atoms with Gasteiger partial charge in [-0.25, -0.2) is 13.1 Å². The molecule has 0 spiro atoms. The predicted molar refractivity (Wildman–Crippen MR) is 74.6 cm³/mol. The zero-order valence-corrected chi connectivity index (χ0v) is 12.6. The number of hydrogen-bond donors (Lipinski definition) is 1. The molecule has 0 bridgehead atoms. The normalized spacial score (nSPS) is 24.5. The summed E-state index contributed by atoms with van der Waals surface area (Å²) < 4.78 is 28.3. The van der Waals surface area contributed by atoms with Crippen molar-refractivity contribution in [2.45, 2.75) is 30.7 Å². The van der Waals surface area contributed by atoms with Gasteiger partial charge in [-0.15, -0.1) is 11.6 Å². The first-order valence-electron chi connectivity index (χ1n) is 6.58. The molecule has 1 aromatic heterocycles. The van der Waals surface area contributed by atoms with Gasteiger partial charge in [-0.1, -0.05) is 12.8 Å². The van der Waals surface area contributed by atoms with Crippen molar-refractivity contribution in [2.75, 3.05) is 12.4 Å². The van der Waals surface area contributed by atoms with Crippen LogP contribution in [0, 0.1) is 11.8 Å². The minimum absolute atomic E-state index is 0.200. The number of rotatable bonds is 5. The van der Waals surface area contributed by atoms with Crippen molar-refractivity contribution in [2.24, 2.45) is 18.9 Å². The molecule has 19 heavy (non-hydrogen) atoms. The van der Waals surface area contributed by atoms with E-state index in [1.54, 1.807) is 7.05 Å². The molecule has 0 saturated heterocycles. The fourth-order valence-corrected chi connectivity index (χ4v) is 4.30. The van der Waals surface area contributed by atoms with E-state index in [0.717, 1.165) is 19.3 Å². The highest BCUT2D eigenvalue weighted by Crippen LogP contribution is 2.30. The molecule has 0 aliphatic heterocycles. The van der Waals surface area contributed by atoms with Crippen LogP contribution in [-0.4, -0.2) is 30.6 Å². The molecule has 0 amide bonds. The zero-order valence-electron chi connectivity index (χ0n) is 11.0. The van der Waals surface area contributed by atoms with Crippen LogP contribution in [0.1, 0.15) is 25.7 Å². The second kappa shape index (κ2) is 6.24. The Labute approximate surface area is 119 Å². The Balaban J connectivity index is 2.00. The lowest BCUT2D eigenvalue weighted by molar-refractivity contribution is 0.260. The molecule has 1 heterocycles. The highest BCUT2D eigenvalue weighted by atomic mass is 35.5. The number of hydrogen-bond acceptors (Lipinski definition) is 3. The molecule has 0 radical (unpaired) electrons. The topological polar surface area (TPSA) is 64.0 Å². The maximum absolute atomic E-state index is 12.1. The second-order valence-electron chi connectivity index (χ2n) is 5.10. The maximum Gasteiger partial charge on any atom is 0.257 e. The fourth-order valence-electron chi connectivity index (χ4n) is 2.67. The number of nitrogens with one attached hydrogen (secondary N) is 1. The van der Waals surface area contributed by atoms with Gasteiger partial charge >= 0.3 is 0 Å². The Morgan fingerprint density at radius 2 is 2.11 bits per heavy atom. The molecule has 7 heteroatoms. The van der Waals surface area contributed by atoms with E-state index in [4.69, 9.17) is 11.6 Å². The van der Waals surface area contributed by atoms with Gasteiger partial charge in [0.1, 0.15) is 0 Å². The SMILES string of the molecule is Cn1nccc1S(=O)(=O)NCC1CCCCC1CCl. The van der Waals surface area contributed by atoms with Crippen LogP contribution < -0.4 is 4.72 Å². The van der Waals surface area contributed by atoms with E-state index in [0.29, 0.717) is 24.3 Å². The van der Waals surface area contributed by atoms with Crippen molar-refractivity contribution >= 4 is 21.6 Å². The molecular weight excluding hydrogens is 286 g/mol. The van der Waals surface area contributed by atoms with Gasteiger partial charge in [-0.2, -0.15) is 5.10 Å². The summed E-state index contributed by atoms with van der Waals surface area (Å²) in [6, 6.07) is 1.50. The van der Waals surface area contributed by atoms with Crippen molar-refractivity contribution in [1.29, 1.82) is 0 Å². The first-order valence-corrected chi connectivity index (χ1v) is 8.60. The lowest BCUT2D eigenvalue weighted by atomic mass is 9.80. The molecule has 1 aliphatic carbocycles. The standard InChI is InChI=1S/C12H20ClN3O2S/c1-16-12(6-7-14-16)19(17,18)15-9-11-5-3-2-4-10(11)8-13/h6-7,10-11,15H,2-5,8-9H2,1H3. The molecule has 108 valence electrons. The molecule has 1 fully saturated rings. The Kier molecular flexibility index (Phi) is 4.86. The van der Waals surface area contributed by atoms with Gasteiger partial charge in [-0.3, -0.25) is 4.68 Å². The molecule has 0 aromatic carbocycles. The van der Waals surface area contributed by atoms with Crippen molar-refractivity contribution in [3.63, 3.8) is 0 Å². The summed E-state index contributed by atoms with van der Waals surface area (Å²) in [6.45, 7) is 0.463. The third kappa shape index (κ3) is 3.49. The van der Waals surface area contributed by atoms with Crippen LogP contribution in [0.5, 0.6) is 0 Å². The Morgan fingerprint density at radius 1 is 1.42 bits per heavy atom. The largest absolute Gasteiger partial charge is 0.257 e. The van der Waals surface area contributed by atoms with E-state index in [-0.39, 0.29) is 5.03 Å². The third-order valence-electron chi connectivity index (χ3n) is 3.85. The number of alkyl halides is 1. The van der Waals surface area contributed by atoms with E-state index >= 15 is 0 Å². The van der Waals surface area contributed by atoms with Gasteiger partial charge in [-0.05, 0) is 30.7 Å². The van der Waals surface area contributed by atoms with E-state index < -0.39 is 10.0 Å². The van der Waals surface area contributed by atoms with E-state index in [9.17, 15) is 8.42 Å². The lowest BCUT2D eigenvalue weighted by Crippen LogP contribution is -2.35.